The predicted molar refractivity (Wildman–Crippen MR) is 60.6 cm³/mol. The van der Waals surface area contributed by atoms with Crippen molar-refractivity contribution in [3.63, 3.8) is 0 Å². The summed E-state index contributed by atoms with van der Waals surface area (Å²) in [6.45, 7) is 1.67. The molecule has 92 valence electrons. The van der Waals surface area contributed by atoms with Crippen LogP contribution in [0.15, 0.2) is 12.4 Å². The molecule has 0 spiro atoms. The number of hydrogen-bond acceptors (Lipinski definition) is 6. The first kappa shape index (κ1) is 12.8. The summed E-state index contributed by atoms with van der Waals surface area (Å²) in [6.07, 6.45) is 2.74. The van der Waals surface area contributed by atoms with E-state index < -0.39 is 11.8 Å². The zero-order valence-corrected chi connectivity index (χ0v) is 9.30. The summed E-state index contributed by atoms with van der Waals surface area (Å²) in [5.41, 5.74) is 7.40. The molecule has 0 saturated carbocycles. The smallest absolute Gasteiger partial charge is 0.271 e. The van der Waals surface area contributed by atoms with E-state index in [2.05, 4.69) is 20.7 Å². The van der Waals surface area contributed by atoms with Gasteiger partial charge in [-0.15, -0.1) is 0 Å². The van der Waals surface area contributed by atoms with Gasteiger partial charge < -0.3 is 16.5 Å². The molecule has 0 saturated heterocycles. The topological polar surface area (TPSA) is 136 Å². The highest BCUT2D eigenvalue weighted by atomic mass is 16.2. The van der Waals surface area contributed by atoms with Gasteiger partial charge in [0.15, 0.2) is 5.82 Å². The van der Waals surface area contributed by atoms with Gasteiger partial charge in [0.25, 0.3) is 5.91 Å². The maximum Gasteiger partial charge on any atom is 0.271 e. The number of hydrazine groups is 1. The number of primary amides is 1. The van der Waals surface area contributed by atoms with E-state index in [1.165, 1.54) is 12.4 Å². The first-order chi connectivity index (χ1) is 8.02. The molecule has 1 heterocycles. The number of nitrogen functional groups attached to an aromatic ring is 1. The van der Waals surface area contributed by atoms with Crippen molar-refractivity contribution >= 4 is 17.6 Å². The lowest BCUT2D eigenvalue weighted by Gasteiger charge is -2.11. The van der Waals surface area contributed by atoms with Crippen LogP contribution in [0.5, 0.6) is 0 Å². The molecule has 0 aliphatic carbocycles. The summed E-state index contributed by atoms with van der Waals surface area (Å²) in [6, 6.07) is -0.365. The Bertz CT molecular complexity index is 422. The maximum atomic E-state index is 11.7. The highest BCUT2D eigenvalue weighted by Gasteiger charge is 2.13. The highest BCUT2D eigenvalue weighted by molar-refractivity contribution is 5.92. The number of rotatable bonds is 5. The third kappa shape index (κ3) is 4.03. The van der Waals surface area contributed by atoms with Crippen molar-refractivity contribution in [3.8, 4) is 0 Å². The Hall–Kier alpha value is -2.22. The summed E-state index contributed by atoms with van der Waals surface area (Å²) in [5, 5.41) is 2.57. The lowest BCUT2D eigenvalue weighted by molar-refractivity contribution is -0.118. The first-order valence-electron chi connectivity index (χ1n) is 4.90. The molecule has 17 heavy (non-hydrogen) atoms. The molecule has 1 aromatic heterocycles. The third-order valence-electron chi connectivity index (χ3n) is 1.90. The summed E-state index contributed by atoms with van der Waals surface area (Å²) in [4.78, 5) is 30.0. The van der Waals surface area contributed by atoms with Crippen LogP contribution in [0.4, 0.5) is 5.82 Å². The zero-order valence-electron chi connectivity index (χ0n) is 9.30. The van der Waals surface area contributed by atoms with Crippen molar-refractivity contribution < 1.29 is 9.59 Å². The summed E-state index contributed by atoms with van der Waals surface area (Å²) in [7, 11) is 0. The average molecular weight is 238 g/mol. The molecular formula is C9H14N6O2. The van der Waals surface area contributed by atoms with Gasteiger partial charge in [-0.2, -0.15) is 0 Å². The van der Waals surface area contributed by atoms with E-state index in [0.29, 0.717) is 0 Å². The SMILES string of the molecule is CC(CC(N)=O)NC(=O)c1cncc(NN)n1. The standard InChI is InChI=1S/C9H14N6O2/c1-5(2-7(10)16)13-9(17)6-3-12-4-8(14-6)15-11/h3-5H,2,11H2,1H3,(H2,10,16)(H,13,17)(H,14,15). The van der Waals surface area contributed by atoms with Crippen molar-refractivity contribution in [2.24, 2.45) is 11.6 Å². The van der Waals surface area contributed by atoms with E-state index in [-0.39, 0.29) is 24.0 Å². The fourth-order valence-electron chi connectivity index (χ4n) is 1.20. The molecular weight excluding hydrogens is 224 g/mol. The maximum absolute atomic E-state index is 11.7. The van der Waals surface area contributed by atoms with Crippen molar-refractivity contribution in [3.05, 3.63) is 18.1 Å². The Morgan fingerprint density at radius 2 is 2.18 bits per heavy atom. The van der Waals surface area contributed by atoms with Gasteiger partial charge in [-0.05, 0) is 6.92 Å². The normalized spacial score (nSPS) is 11.6. The molecule has 1 aromatic rings. The zero-order chi connectivity index (χ0) is 12.8. The van der Waals surface area contributed by atoms with Crippen LogP contribution in [0.1, 0.15) is 23.8 Å². The summed E-state index contributed by atoms with van der Waals surface area (Å²) in [5.74, 6) is 4.49. The van der Waals surface area contributed by atoms with E-state index in [0.717, 1.165) is 0 Å². The third-order valence-corrected chi connectivity index (χ3v) is 1.90. The minimum atomic E-state index is -0.485. The number of carbonyl (C=O) groups is 2. The van der Waals surface area contributed by atoms with Crippen molar-refractivity contribution in [1.82, 2.24) is 15.3 Å². The number of amides is 2. The molecule has 1 atom stereocenters. The van der Waals surface area contributed by atoms with Crippen LogP contribution in [-0.2, 0) is 4.79 Å². The van der Waals surface area contributed by atoms with Gasteiger partial charge in [0.05, 0.1) is 12.4 Å². The van der Waals surface area contributed by atoms with Gasteiger partial charge in [-0.1, -0.05) is 0 Å². The number of nitrogens with zero attached hydrogens (tertiary/aromatic N) is 2. The van der Waals surface area contributed by atoms with E-state index >= 15 is 0 Å². The molecule has 8 heteroatoms. The van der Waals surface area contributed by atoms with Crippen LogP contribution in [-0.4, -0.2) is 27.8 Å². The van der Waals surface area contributed by atoms with Gasteiger partial charge in [0.2, 0.25) is 5.91 Å². The lowest BCUT2D eigenvalue weighted by Crippen LogP contribution is -2.36. The highest BCUT2D eigenvalue weighted by Crippen LogP contribution is 2.01. The number of anilines is 1. The average Bonchev–Trinajstić information content (AvgIpc) is 2.27. The van der Waals surface area contributed by atoms with Gasteiger partial charge in [-0.25, -0.2) is 10.8 Å². The van der Waals surface area contributed by atoms with Crippen LogP contribution < -0.4 is 22.3 Å². The molecule has 0 aliphatic rings. The molecule has 0 aliphatic heterocycles. The molecule has 0 aromatic carbocycles. The second-order valence-corrected chi connectivity index (χ2v) is 3.48. The number of hydrogen-bond donors (Lipinski definition) is 4. The van der Waals surface area contributed by atoms with Gasteiger partial charge in [0.1, 0.15) is 5.69 Å². The molecule has 1 unspecified atom stereocenters. The summed E-state index contributed by atoms with van der Waals surface area (Å²) < 4.78 is 0. The van der Waals surface area contributed by atoms with Gasteiger partial charge in [0, 0.05) is 12.5 Å². The molecule has 2 amide bonds. The fraction of sp³-hybridized carbons (Fsp3) is 0.333. The van der Waals surface area contributed by atoms with Crippen molar-refractivity contribution in [1.29, 1.82) is 0 Å². The Morgan fingerprint density at radius 3 is 2.76 bits per heavy atom. The molecule has 0 bridgehead atoms. The van der Waals surface area contributed by atoms with Gasteiger partial charge >= 0.3 is 0 Å². The first-order valence-corrected chi connectivity index (χ1v) is 4.90. The van der Waals surface area contributed by atoms with E-state index in [1.54, 1.807) is 6.92 Å². The van der Waals surface area contributed by atoms with Crippen LogP contribution >= 0.6 is 0 Å². The second kappa shape index (κ2) is 5.75. The monoisotopic (exact) mass is 238 g/mol. The number of carbonyl (C=O) groups excluding carboxylic acids is 2. The van der Waals surface area contributed by atoms with Crippen molar-refractivity contribution in [2.75, 3.05) is 5.43 Å². The fourth-order valence-corrected chi connectivity index (χ4v) is 1.20. The molecule has 8 nitrogen and oxygen atoms in total. The Labute approximate surface area is 97.8 Å². The Balaban J connectivity index is 2.66. The predicted octanol–water partition coefficient (Wildman–Crippen LogP) is -1.24. The van der Waals surface area contributed by atoms with E-state index in [4.69, 9.17) is 11.6 Å². The second-order valence-electron chi connectivity index (χ2n) is 3.48. The van der Waals surface area contributed by atoms with Gasteiger partial charge in [-0.3, -0.25) is 14.6 Å². The van der Waals surface area contributed by atoms with Crippen LogP contribution in [0.25, 0.3) is 0 Å². The largest absolute Gasteiger partial charge is 0.370 e. The molecule has 6 N–H and O–H groups in total. The molecule has 0 radical (unpaired) electrons. The number of aromatic nitrogens is 2. The summed E-state index contributed by atoms with van der Waals surface area (Å²) >= 11 is 0. The minimum Gasteiger partial charge on any atom is -0.370 e. The van der Waals surface area contributed by atoms with Crippen LogP contribution in [0.2, 0.25) is 0 Å². The minimum absolute atomic E-state index is 0.0635. The molecule has 1 rings (SSSR count). The number of nitrogens with two attached hydrogens (primary N) is 2. The quantitative estimate of drug-likeness (QED) is 0.374. The number of nitrogens with one attached hydrogen (secondary N) is 2. The van der Waals surface area contributed by atoms with E-state index in [9.17, 15) is 9.59 Å². The van der Waals surface area contributed by atoms with Crippen LogP contribution in [0, 0.1) is 0 Å². The van der Waals surface area contributed by atoms with E-state index in [1.807, 2.05) is 0 Å². The lowest BCUT2D eigenvalue weighted by atomic mass is 10.2. The Kier molecular flexibility index (Phi) is 4.35. The van der Waals surface area contributed by atoms with Crippen LogP contribution in [0.3, 0.4) is 0 Å². The Morgan fingerprint density at radius 1 is 1.47 bits per heavy atom. The molecule has 0 fully saturated rings. The van der Waals surface area contributed by atoms with Crippen molar-refractivity contribution in [2.45, 2.75) is 19.4 Å².